The minimum atomic E-state index is 0.388. The molecule has 0 nitrogen and oxygen atoms in total. The van der Waals surface area contributed by atoms with Gasteiger partial charge in [0.05, 0.1) is 0 Å². The lowest BCUT2D eigenvalue weighted by molar-refractivity contribution is 0.661. The fourth-order valence-electron chi connectivity index (χ4n) is 1.38. The van der Waals surface area contributed by atoms with Crippen LogP contribution in [0.5, 0.6) is 0 Å². The first kappa shape index (κ1) is 10.6. The molecular formula is C12H16Cl. The lowest BCUT2D eigenvalue weighted by Crippen LogP contribution is -1.93. The van der Waals surface area contributed by atoms with Gasteiger partial charge < -0.3 is 0 Å². The molecule has 0 N–H and O–H groups in total. The summed E-state index contributed by atoms with van der Waals surface area (Å²) < 4.78 is 0. The molecule has 0 aliphatic rings. The molecule has 1 rings (SSSR count). The molecule has 0 saturated carbocycles. The lowest BCUT2D eigenvalue weighted by Gasteiger charge is -2.10. The Morgan fingerprint density at radius 2 is 2.23 bits per heavy atom. The Hall–Kier alpha value is -0.490. The first-order valence-electron chi connectivity index (χ1n) is 4.82. The highest BCUT2D eigenvalue weighted by Crippen LogP contribution is 2.23. The van der Waals surface area contributed by atoms with E-state index in [4.69, 9.17) is 11.6 Å². The van der Waals surface area contributed by atoms with Gasteiger partial charge in [-0.1, -0.05) is 43.5 Å². The van der Waals surface area contributed by atoms with Crippen molar-refractivity contribution in [2.24, 2.45) is 0 Å². The van der Waals surface area contributed by atoms with Crippen LogP contribution in [0.15, 0.2) is 24.3 Å². The van der Waals surface area contributed by atoms with Gasteiger partial charge in [0.15, 0.2) is 0 Å². The first-order valence-corrected chi connectivity index (χ1v) is 5.20. The summed E-state index contributed by atoms with van der Waals surface area (Å²) in [5.74, 6) is 0.388. The Bertz CT molecular complexity index is 255. The smallest absolute Gasteiger partial charge is 0.0408 e. The molecule has 71 valence electrons. The summed E-state index contributed by atoms with van der Waals surface area (Å²) in [6.07, 6.45) is 3.62. The van der Waals surface area contributed by atoms with Crippen LogP contribution in [0.3, 0.4) is 0 Å². The summed E-state index contributed by atoms with van der Waals surface area (Å²) >= 11 is 5.90. The Labute approximate surface area is 85.9 Å². The zero-order valence-electron chi connectivity index (χ0n) is 8.09. The molecule has 1 aromatic carbocycles. The Balaban J connectivity index is 2.60. The SMILES string of the molecule is [CH2]C(CCCC)c1cccc(Cl)c1. The summed E-state index contributed by atoms with van der Waals surface area (Å²) in [5, 5.41) is 0.808. The van der Waals surface area contributed by atoms with Gasteiger partial charge in [0.1, 0.15) is 0 Å². The minimum Gasteiger partial charge on any atom is -0.0843 e. The van der Waals surface area contributed by atoms with Gasteiger partial charge >= 0.3 is 0 Å². The third-order valence-corrected chi connectivity index (χ3v) is 2.46. The maximum atomic E-state index is 5.90. The molecule has 1 heteroatoms. The summed E-state index contributed by atoms with van der Waals surface area (Å²) in [6, 6.07) is 7.99. The molecule has 1 radical (unpaired) electrons. The summed E-state index contributed by atoms with van der Waals surface area (Å²) in [5.41, 5.74) is 1.25. The van der Waals surface area contributed by atoms with Gasteiger partial charge in [-0.25, -0.2) is 0 Å². The van der Waals surface area contributed by atoms with Crippen molar-refractivity contribution in [3.8, 4) is 0 Å². The van der Waals surface area contributed by atoms with Crippen LogP contribution in [0.2, 0.25) is 5.02 Å². The normalized spacial score (nSPS) is 12.8. The van der Waals surface area contributed by atoms with Crippen LogP contribution >= 0.6 is 11.6 Å². The van der Waals surface area contributed by atoms with Crippen molar-refractivity contribution in [1.82, 2.24) is 0 Å². The van der Waals surface area contributed by atoms with Crippen molar-refractivity contribution in [2.75, 3.05) is 0 Å². The molecule has 0 heterocycles. The van der Waals surface area contributed by atoms with Gasteiger partial charge in [0.25, 0.3) is 0 Å². The third-order valence-electron chi connectivity index (χ3n) is 2.23. The van der Waals surface area contributed by atoms with E-state index in [0.29, 0.717) is 5.92 Å². The second kappa shape index (κ2) is 5.29. The highest BCUT2D eigenvalue weighted by Gasteiger charge is 2.04. The van der Waals surface area contributed by atoms with E-state index in [1.54, 1.807) is 0 Å². The number of halogens is 1. The zero-order valence-corrected chi connectivity index (χ0v) is 8.85. The van der Waals surface area contributed by atoms with Crippen molar-refractivity contribution in [1.29, 1.82) is 0 Å². The second-order valence-corrected chi connectivity index (χ2v) is 3.83. The molecule has 0 aliphatic heterocycles. The lowest BCUT2D eigenvalue weighted by atomic mass is 9.96. The van der Waals surface area contributed by atoms with E-state index in [1.165, 1.54) is 18.4 Å². The van der Waals surface area contributed by atoms with E-state index in [1.807, 2.05) is 18.2 Å². The van der Waals surface area contributed by atoms with Crippen molar-refractivity contribution in [3.05, 3.63) is 41.8 Å². The Morgan fingerprint density at radius 3 is 2.85 bits per heavy atom. The maximum absolute atomic E-state index is 5.90. The van der Waals surface area contributed by atoms with Crippen LogP contribution in [-0.4, -0.2) is 0 Å². The quantitative estimate of drug-likeness (QED) is 0.666. The van der Waals surface area contributed by atoms with E-state index < -0.39 is 0 Å². The number of hydrogen-bond acceptors (Lipinski definition) is 0. The average molecular weight is 196 g/mol. The van der Waals surface area contributed by atoms with Crippen LogP contribution in [0, 0.1) is 6.92 Å². The van der Waals surface area contributed by atoms with Gasteiger partial charge in [0.2, 0.25) is 0 Å². The van der Waals surface area contributed by atoms with Gasteiger partial charge in [-0.05, 0) is 37.0 Å². The standard InChI is InChI=1S/C12H16Cl/c1-3-4-6-10(2)11-7-5-8-12(13)9-11/h5,7-10H,2-4,6H2,1H3. The number of rotatable bonds is 4. The molecule has 0 bridgehead atoms. The predicted molar refractivity (Wildman–Crippen MR) is 59.1 cm³/mol. The fourth-order valence-corrected chi connectivity index (χ4v) is 1.58. The van der Waals surface area contributed by atoms with Crippen LogP contribution in [0.25, 0.3) is 0 Å². The monoisotopic (exact) mass is 195 g/mol. The third kappa shape index (κ3) is 3.40. The topological polar surface area (TPSA) is 0 Å². The van der Waals surface area contributed by atoms with Gasteiger partial charge in [-0.15, -0.1) is 0 Å². The average Bonchev–Trinajstić information content (AvgIpc) is 2.14. The molecule has 13 heavy (non-hydrogen) atoms. The first-order chi connectivity index (χ1) is 6.24. The number of benzene rings is 1. The highest BCUT2D eigenvalue weighted by molar-refractivity contribution is 6.30. The molecule has 0 aromatic heterocycles. The second-order valence-electron chi connectivity index (χ2n) is 3.39. The van der Waals surface area contributed by atoms with E-state index in [-0.39, 0.29) is 0 Å². The van der Waals surface area contributed by atoms with Gasteiger partial charge in [-0.3, -0.25) is 0 Å². The molecule has 1 atom stereocenters. The van der Waals surface area contributed by atoms with E-state index >= 15 is 0 Å². The Morgan fingerprint density at radius 1 is 1.46 bits per heavy atom. The minimum absolute atomic E-state index is 0.388. The molecule has 1 aromatic rings. The van der Waals surface area contributed by atoms with Crippen molar-refractivity contribution in [2.45, 2.75) is 32.1 Å². The van der Waals surface area contributed by atoms with Crippen molar-refractivity contribution in [3.63, 3.8) is 0 Å². The molecular weight excluding hydrogens is 180 g/mol. The molecule has 0 spiro atoms. The van der Waals surface area contributed by atoms with Crippen molar-refractivity contribution >= 4 is 11.6 Å². The summed E-state index contributed by atoms with van der Waals surface area (Å²) in [7, 11) is 0. The molecule has 0 saturated heterocycles. The van der Waals surface area contributed by atoms with Crippen LogP contribution in [-0.2, 0) is 0 Å². The van der Waals surface area contributed by atoms with E-state index in [9.17, 15) is 0 Å². The van der Waals surface area contributed by atoms with Crippen LogP contribution in [0.1, 0.15) is 37.7 Å². The highest BCUT2D eigenvalue weighted by atomic mass is 35.5. The van der Waals surface area contributed by atoms with E-state index in [2.05, 4.69) is 19.9 Å². The summed E-state index contributed by atoms with van der Waals surface area (Å²) in [4.78, 5) is 0. The molecule has 0 aliphatic carbocycles. The summed E-state index contributed by atoms with van der Waals surface area (Å²) in [6.45, 7) is 6.33. The largest absolute Gasteiger partial charge is 0.0843 e. The number of hydrogen-bond donors (Lipinski definition) is 0. The maximum Gasteiger partial charge on any atom is 0.0408 e. The molecule has 0 fully saturated rings. The van der Waals surface area contributed by atoms with Gasteiger partial charge in [-0.2, -0.15) is 0 Å². The Kier molecular flexibility index (Phi) is 4.31. The number of unbranched alkanes of at least 4 members (excludes halogenated alkanes) is 1. The van der Waals surface area contributed by atoms with Crippen molar-refractivity contribution < 1.29 is 0 Å². The van der Waals surface area contributed by atoms with Crippen LogP contribution < -0.4 is 0 Å². The zero-order chi connectivity index (χ0) is 9.68. The molecule has 1 unspecified atom stereocenters. The van der Waals surface area contributed by atoms with Gasteiger partial charge in [0, 0.05) is 5.02 Å². The fraction of sp³-hybridized carbons (Fsp3) is 0.417. The van der Waals surface area contributed by atoms with E-state index in [0.717, 1.165) is 11.4 Å². The van der Waals surface area contributed by atoms with Crippen LogP contribution in [0.4, 0.5) is 0 Å². The molecule has 0 amide bonds. The predicted octanol–water partition coefficient (Wildman–Crippen LogP) is 4.45.